The van der Waals surface area contributed by atoms with E-state index in [9.17, 15) is 25.2 Å². The summed E-state index contributed by atoms with van der Waals surface area (Å²) < 4.78 is 73.2. The quantitative estimate of drug-likeness (QED) is 0.0368. The van der Waals surface area contributed by atoms with Gasteiger partial charge in [0.15, 0.2) is 18.9 Å². The van der Waals surface area contributed by atoms with Crippen LogP contribution in [0.3, 0.4) is 0 Å². The van der Waals surface area contributed by atoms with Crippen molar-refractivity contribution in [3.8, 4) is 23.8 Å². The normalized spacial score (nSPS) is 13.5. The van der Waals surface area contributed by atoms with Crippen LogP contribution in [-0.2, 0) is 17.4 Å². The summed E-state index contributed by atoms with van der Waals surface area (Å²) in [5, 5.41) is 9.08. The van der Waals surface area contributed by atoms with E-state index in [0.29, 0.717) is 6.61 Å². The number of terminal acetylenes is 1. The van der Waals surface area contributed by atoms with Crippen molar-refractivity contribution in [3.63, 3.8) is 0 Å². The molecule has 0 aliphatic carbocycles. The van der Waals surface area contributed by atoms with Crippen LogP contribution in [0.25, 0.3) is 0 Å². The molecule has 12 heteroatoms. The fourth-order valence-electron chi connectivity index (χ4n) is 4.62. The number of ether oxygens (including phenoxy) is 2. The van der Waals surface area contributed by atoms with E-state index in [1.54, 1.807) is 0 Å². The van der Waals surface area contributed by atoms with Crippen LogP contribution in [0, 0.1) is 12.3 Å². The molecule has 0 fully saturated rings. The third-order valence-electron chi connectivity index (χ3n) is 7.48. The first kappa shape index (κ1) is 42.5. The molecule has 3 rings (SSSR count). The van der Waals surface area contributed by atoms with Crippen LogP contribution in [0.15, 0.2) is 77.2 Å². The summed E-state index contributed by atoms with van der Waals surface area (Å²) in [6, 6.07) is 18.4. The minimum absolute atomic E-state index is 0.0430. The van der Waals surface area contributed by atoms with Crippen molar-refractivity contribution in [1.29, 1.82) is 0 Å². The molecule has 0 saturated heterocycles. The Morgan fingerprint density at radius 2 is 1.06 bits per heavy atom. The number of aromatic nitrogens is 1. The van der Waals surface area contributed by atoms with Gasteiger partial charge in [0.25, 0.3) is 0 Å². The second-order valence-electron chi connectivity index (χ2n) is 14.3. The first-order valence-corrected chi connectivity index (χ1v) is 18.9. The van der Waals surface area contributed by atoms with Gasteiger partial charge < -0.3 is 9.47 Å². The Bertz CT molecular complexity index is 1500. The van der Waals surface area contributed by atoms with E-state index in [1.807, 2.05) is 48.8 Å². The summed E-state index contributed by atoms with van der Waals surface area (Å²) in [7, 11) is -10.7. The number of hydrogen-bond acceptors (Lipinski definition) is 4. The molecule has 2 aromatic carbocycles. The van der Waals surface area contributed by atoms with Crippen molar-refractivity contribution in [2.75, 3.05) is 13.2 Å². The van der Waals surface area contributed by atoms with E-state index < -0.39 is 7.81 Å². The molecule has 0 spiro atoms. The Kier molecular flexibility index (Phi) is 14.9. The topological polar surface area (TPSA) is 47.1 Å². The summed E-state index contributed by atoms with van der Waals surface area (Å²) in [5.41, 5.74) is 4.30. The van der Waals surface area contributed by atoms with Crippen molar-refractivity contribution in [3.05, 3.63) is 78.1 Å². The molecule has 5 nitrogen and oxygen atoms in total. The number of benzene rings is 2. The molecule has 1 heterocycles. The number of azo groups is 1. The van der Waals surface area contributed by atoms with Crippen LogP contribution in [0.1, 0.15) is 104 Å². The molecule has 0 atom stereocenters. The maximum atomic E-state index is 9.87. The summed E-state index contributed by atoms with van der Waals surface area (Å²) in [5.74, 6) is 4.44. The van der Waals surface area contributed by atoms with E-state index in [2.05, 4.69) is 80.5 Å². The number of rotatable bonds is 16. The van der Waals surface area contributed by atoms with Gasteiger partial charge in [-0.15, -0.1) is 12.3 Å². The predicted molar refractivity (Wildman–Crippen MR) is 191 cm³/mol. The maximum absolute atomic E-state index is 10.7. The van der Waals surface area contributed by atoms with Crippen LogP contribution in [0.5, 0.6) is 11.5 Å². The van der Waals surface area contributed by atoms with Gasteiger partial charge in [-0.2, -0.15) is 10.2 Å². The van der Waals surface area contributed by atoms with Gasteiger partial charge in [0, 0.05) is 18.6 Å². The standard InChI is InChI=1S/C38H52N3O2.F6P/c1-8-9-10-11-12-13-14-15-16-26-42-36-21-23-41(24-22-36)25-27-43-35-19-17-33(18-20-35)39-40-34-29-31(37(2,3)4)28-32(30-34)38(5,6)7;1-7(2,3,4,5)6/h1,17-24,28-30H,9-16,25-27H2,2-7H3;/q+1;-1. The zero-order valence-corrected chi connectivity index (χ0v) is 31.0. The summed E-state index contributed by atoms with van der Waals surface area (Å²) in [4.78, 5) is 0. The summed E-state index contributed by atoms with van der Waals surface area (Å²) in [6.45, 7) is 15.5. The molecule has 1 aromatic heterocycles. The number of hydrogen-bond donors (Lipinski definition) is 0. The van der Waals surface area contributed by atoms with E-state index in [0.717, 1.165) is 55.3 Å². The molecule has 3 aromatic rings. The van der Waals surface area contributed by atoms with Crippen LogP contribution >= 0.6 is 7.81 Å². The molecule has 0 amide bonds. The first-order chi connectivity index (χ1) is 23.0. The number of halogens is 6. The van der Waals surface area contributed by atoms with Crippen molar-refractivity contribution < 1.29 is 39.2 Å². The molecule has 0 aliphatic rings. The molecule has 278 valence electrons. The van der Waals surface area contributed by atoms with Gasteiger partial charge >= 0.3 is 33.0 Å². The second-order valence-corrected chi connectivity index (χ2v) is 16.2. The predicted octanol–water partition coefficient (Wildman–Crippen LogP) is 13.6. The molecular formula is C38H52F6N3O2P. The third-order valence-corrected chi connectivity index (χ3v) is 7.48. The Labute approximate surface area is 293 Å². The van der Waals surface area contributed by atoms with E-state index in [-0.39, 0.29) is 10.8 Å². The average molecular weight is 728 g/mol. The van der Waals surface area contributed by atoms with Crippen LogP contribution in [0.2, 0.25) is 0 Å². The Hall–Kier alpha value is -3.64. The summed E-state index contributed by atoms with van der Waals surface area (Å²) >= 11 is 0. The van der Waals surface area contributed by atoms with Crippen molar-refractivity contribution >= 4 is 19.2 Å². The summed E-state index contributed by atoms with van der Waals surface area (Å²) in [6.07, 6.45) is 18.8. The van der Waals surface area contributed by atoms with E-state index in [1.165, 1.54) is 43.2 Å². The van der Waals surface area contributed by atoms with Gasteiger partial charge in [0.1, 0.15) is 18.1 Å². The van der Waals surface area contributed by atoms with Gasteiger partial charge in [-0.1, -0.05) is 79.7 Å². The molecule has 0 saturated carbocycles. The molecule has 50 heavy (non-hydrogen) atoms. The molecule has 0 radical (unpaired) electrons. The van der Waals surface area contributed by atoms with E-state index in [4.69, 9.17) is 15.9 Å². The molecular weight excluding hydrogens is 675 g/mol. The van der Waals surface area contributed by atoms with Crippen LogP contribution in [0.4, 0.5) is 36.6 Å². The van der Waals surface area contributed by atoms with Gasteiger partial charge in [-0.25, -0.2) is 4.57 Å². The third kappa shape index (κ3) is 20.8. The zero-order chi connectivity index (χ0) is 37.5. The van der Waals surface area contributed by atoms with Gasteiger partial charge in [0.05, 0.1) is 18.0 Å². The molecule has 0 N–H and O–H groups in total. The number of nitrogens with zero attached hydrogens (tertiary/aromatic N) is 3. The molecule has 0 unspecified atom stereocenters. The zero-order valence-electron chi connectivity index (χ0n) is 30.1. The average Bonchev–Trinajstić information content (AvgIpc) is 3.00. The fourth-order valence-corrected chi connectivity index (χ4v) is 4.62. The number of pyridine rings is 1. The molecule has 0 bridgehead atoms. The van der Waals surface area contributed by atoms with Crippen molar-refractivity contribution in [1.82, 2.24) is 0 Å². The SMILES string of the molecule is C#CCCCCCCCCCOc1cc[n+](CCOc2ccc(N=Nc3cc(C(C)(C)C)cc(C(C)(C)C)c3)cc2)cc1.F[P-](F)(F)(F)(F)F. The fraction of sp³-hybridized carbons (Fsp3) is 0.500. The van der Waals surface area contributed by atoms with Gasteiger partial charge in [-0.05, 0) is 71.2 Å². The Balaban J connectivity index is 0.00000112. The van der Waals surface area contributed by atoms with Gasteiger partial charge in [0.2, 0.25) is 0 Å². The second kappa shape index (κ2) is 17.5. The van der Waals surface area contributed by atoms with E-state index >= 15 is 0 Å². The van der Waals surface area contributed by atoms with Crippen LogP contribution in [-0.4, -0.2) is 13.2 Å². The van der Waals surface area contributed by atoms with Gasteiger partial charge in [-0.3, -0.25) is 0 Å². The minimum atomic E-state index is -10.7. The van der Waals surface area contributed by atoms with Crippen molar-refractivity contribution in [2.24, 2.45) is 10.2 Å². The number of unbranched alkanes of at least 4 members (excludes halogenated alkanes) is 7. The monoisotopic (exact) mass is 727 g/mol. The Morgan fingerprint density at radius 1 is 0.620 bits per heavy atom. The van der Waals surface area contributed by atoms with Crippen LogP contribution < -0.4 is 14.0 Å². The Morgan fingerprint density at radius 3 is 1.56 bits per heavy atom. The van der Waals surface area contributed by atoms with Crippen molar-refractivity contribution in [2.45, 2.75) is 110 Å². The first-order valence-electron chi connectivity index (χ1n) is 16.9. The molecule has 0 aliphatic heterocycles.